The third-order valence-corrected chi connectivity index (χ3v) is 3.15. The molecule has 0 saturated heterocycles. The van der Waals surface area contributed by atoms with Crippen LogP contribution in [0.2, 0.25) is 5.02 Å². The highest BCUT2D eigenvalue weighted by Crippen LogP contribution is 2.13. The average Bonchev–Trinajstić information content (AvgIpc) is 2.47. The van der Waals surface area contributed by atoms with Crippen molar-refractivity contribution in [2.75, 3.05) is 11.9 Å². The number of hydrogen-bond acceptors (Lipinski definition) is 2. The van der Waals surface area contributed by atoms with Gasteiger partial charge in [0.2, 0.25) is 5.91 Å². The summed E-state index contributed by atoms with van der Waals surface area (Å²) < 4.78 is 0. The van der Waals surface area contributed by atoms with Crippen molar-refractivity contribution < 1.29 is 9.59 Å². The number of anilines is 1. The van der Waals surface area contributed by atoms with E-state index in [0.717, 1.165) is 11.3 Å². The van der Waals surface area contributed by atoms with Crippen molar-refractivity contribution in [3.63, 3.8) is 0 Å². The lowest BCUT2D eigenvalue weighted by Gasteiger charge is -2.09. The SMILES string of the molecule is Cc1ccccc1NC(=O)CNC(=O)c1cccc(Cl)c1. The highest BCUT2D eigenvalue weighted by atomic mass is 35.5. The molecule has 2 aromatic rings. The quantitative estimate of drug-likeness (QED) is 0.912. The number of halogens is 1. The number of carbonyl (C=O) groups excluding carboxylic acids is 2. The number of aryl methyl sites for hydroxylation is 1. The molecule has 2 amide bonds. The molecule has 2 aromatic carbocycles. The first kappa shape index (κ1) is 15.1. The second-order valence-corrected chi connectivity index (χ2v) is 4.99. The van der Waals surface area contributed by atoms with Gasteiger partial charge in [-0.25, -0.2) is 0 Å². The Kier molecular flexibility index (Phi) is 4.95. The van der Waals surface area contributed by atoms with E-state index in [1.807, 2.05) is 31.2 Å². The van der Waals surface area contributed by atoms with E-state index in [0.29, 0.717) is 10.6 Å². The van der Waals surface area contributed by atoms with Gasteiger partial charge in [0.1, 0.15) is 0 Å². The van der Waals surface area contributed by atoms with Gasteiger partial charge in [0.05, 0.1) is 6.54 Å². The summed E-state index contributed by atoms with van der Waals surface area (Å²) in [7, 11) is 0. The van der Waals surface area contributed by atoms with Gasteiger partial charge in [0, 0.05) is 16.3 Å². The molecule has 0 spiro atoms. The standard InChI is InChI=1S/C16H15ClN2O2/c1-11-5-2-3-8-14(11)19-15(20)10-18-16(21)12-6-4-7-13(17)9-12/h2-9H,10H2,1H3,(H,18,21)(H,19,20). The second kappa shape index (κ2) is 6.90. The summed E-state index contributed by atoms with van der Waals surface area (Å²) in [5.74, 6) is -0.614. The van der Waals surface area contributed by atoms with Crippen LogP contribution in [-0.4, -0.2) is 18.4 Å². The van der Waals surface area contributed by atoms with Gasteiger partial charge in [-0.3, -0.25) is 9.59 Å². The van der Waals surface area contributed by atoms with Crippen LogP contribution < -0.4 is 10.6 Å². The van der Waals surface area contributed by atoms with Gasteiger partial charge in [-0.2, -0.15) is 0 Å². The van der Waals surface area contributed by atoms with Gasteiger partial charge in [0.25, 0.3) is 5.91 Å². The molecule has 108 valence electrons. The van der Waals surface area contributed by atoms with Gasteiger partial charge < -0.3 is 10.6 Å². The maximum atomic E-state index is 11.9. The Labute approximate surface area is 128 Å². The van der Waals surface area contributed by atoms with E-state index >= 15 is 0 Å². The molecular weight excluding hydrogens is 288 g/mol. The van der Waals surface area contributed by atoms with E-state index in [-0.39, 0.29) is 18.4 Å². The summed E-state index contributed by atoms with van der Waals surface area (Å²) in [5.41, 5.74) is 2.12. The number of benzene rings is 2. The molecule has 0 aliphatic heterocycles. The molecule has 4 nitrogen and oxygen atoms in total. The van der Waals surface area contributed by atoms with E-state index in [1.54, 1.807) is 24.3 Å². The van der Waals surface area contributed by atoms with Crippen LogP contribution in [0.1, 0.15) is 15.9 Å². The molecular formula is C16H15ClN2O2. The predicted molar refractivity (Wildman–Crippen MR) is 83.6 cm³/mol. The molecule has 21 heavy (non-hydrogen) atoms. The highest BCUT2D eigenvalue weighted by Gasteiger charge is 2.09. The van der Waals surface area contributed by atoms with E-state index in [4.69, 9.17) is 11.6 Å². The number of carbonyl (C=O) groups is 2. The number of rotatable bonds is 4. The molecule has 0 radical (unpaired) electrons. The number of nitrogens with one attached hydrogen (secondary N) is 2. The molecule has 0 atom stereocenters. The van der Waals surface area contributed by atoms with E-state index in [9.17, 15) is 9.59 Å². The Hall–Kier alpha value is -2.33. The van der Waals surface area contributed by atoms with Crippen LogP contribution in [0.25, 0.3) is 0 Å². The fourth-order valence-corrected chi connectivity index (χ4v) is 1.99. The topological polar surface area (TPSA) is 58.2 Å². The lowest BCUT2D eigenvalue weighted by atomic mass is 10.2. The van der Waals surface area contributed by atoms with Crippen molar-refractivity contribution >= 4 is 29.1 Å². The van der Waals surface area contributed by atoms with Crippen molar-refractivity contribution in [3.8, 4) is 0 Å². The summed E-state index contributed by atoms with van der Waals surface area (Å²) in [6.45, 7) is 1.81. The smallest absolute Gasteiger partial charge is 0.251 e. The fourth-order valence-electron chi connectivity index (χ4n) is 1.80. The van der Waals surface area contributed by atoms with Gasteiger partial charge in [0.15, 0.2) is 0 Å². The largest absolute Gasteiger partial charge is 0.343 e. The molecule has 0 unspecified atom stereocenters. The zero-order chi connectivity index (χ0) is 15.2. The van der Waals surface area contributed by atoms with Crippen molar-refractivity contribution in [2.24, 2.45) is 0 Å². The van der Waals surface area contributed by atoms with Crippen molar-refractivity contribution in [3.05, 3.63) is 64.7 Å². The van der Waals surface area contributed by atoms with Crippen LogP contribution in [0.5, 0.6) is 0 Å². The van der Waals surface area contributed by atoms with Crippen molar-refractivity contribution in [1.29, 1.82) is 0 Å². The zero-order valence-corrected chi connectivity index (χ0v) is 12.3. The molecule has 0 heterocycles. The molecule has 0 aliphatic carbocycles. The van der Waals surface area contributed by atoms with Gasteiger partial charge in [-0.15, -0.1) is 0 Å². The molecule has 0 aliphatic rings. The number of hydrogen-bond donors (Lipinski definition) is 2. The lowest BCUT2D eigenvalue weighted by Crippen LogP contribution is -2.32. The van der Waals surface area contributed by atoms with E-state index in [1.165, 1.54) is 0 Å². The van der Waals surface area contributed by atoms with E-state index < -0.39 is 0 Å². The Morgan fingerprint density at radius 3 is 2.57 bits per heavy atom. The van der Waals surface area contributed by atoms with Crippen LogP contribution in [0, 0.1) is 6.92 Å². The minimum atomic E-state index is -0.336. The van der Waals surface area contributed by atoms with Gasteiger partial charge >= 0.3 is 0 Å². The Morgan fingerprint density at radius 2 is 1.86 bits per heavy atom. The zero-order valence-electron chi connectivity index (χ0n) is 11.5. The van der Waals surface area contributed by atoms with Crippen LogP contribution >= 0.6 is 11.6 Å². The predicted octanol–water partition coefficient (Wildman–Crippen LogP) is 3.02. The minimum absolute atomic E-state index is 0.0975. The Morgan fingerprint density at radius 1 is 1.10 bits per heavy atom. The third-order valence-electron chi connectivity index (χ3n) is 2.92. The summed E-state index contributed by atoms with van der Waals surface area (Å²) in [6, 6.07) is 14.0. The van der Waals surface area contributed by atoms with Gasteiger partial charge in [-0.1, -0.05) is 35.9 Å². The maximum Gasteiger partial charge on any atom is 0.251 e. The normalized spacial score (nSPS) is 10.0. The summed E-state index contributed by atoms with van der Waals surface area (Å²) in [6.07, 6.45) is 0. The van der Waals surface area contributed by atoms with Crippen molar-refractivity contribution in [2.45, 2.75) is 6.92 Å². The Balaban J connectivity index is 1.90. The molecule has 0 aromatic heterocycles. The van der Waals surface area contributed by atoms with Gasteiger partial charge in [-0.05, 0) is 36.8 Å². The lowest BCUT2D eigenvalue weighted by molar-refractivity contribution is -0.115. The number of para-hydroxylation sites is 1. The second-order valence-electron chi connectivity index (χ2n) is 4.56. The molecule has 2 rings (SSSR count). The maximum absolute atomic E-state index is 11.9. The fraction of sp³-hybridized carbons (Fsp3) is 0.125. The van der Waals surface area contributed by atoms with Crippen LogP contribution in [0.3, 0.4) is 0 Å². The molecule has 5 heteroatoms. The van der Waals surface area contributed by atoms with Crippen LogP contribution in [0.4, 0.5) is 5.69 Å². The summed E-state index contributed by atoms with van der Waals surface area (Å²) >= 11 is 5.82. The average molecular weight is 303 g/mol. The molecule has 0 saturated carbocycles. The molecule has 2 N–H and O–H groups in total. The molecule has 0 bridgehead atoms. The van der Waals surface area contributed by atoms with Crippen LogP contribution in [0.15, 0.2) is 48.5 Å². The monoisotopic (exact) mass is 302 g/mol. The first-order valence-corrected chi connectivity index (χ1v) is 6.83. The van der Waals surface area contributed by atoms with Crippen LogP contribution in [-0.2, 0) is 4.79 Å². The Bertz CT molecular complexity index is 671. The first-order valence-electron chi connectivity index (χ1n) is 6.45. The highest BCUT2D eigenvalue weighted by molar-refractivity contribution is 6.31. The molecule has 0 fully saturated rings. The van der Waals surface area contributed by atoms with Crippen molar-refractivity contribution in [1.82, 2.24) is 5.32 Å². The van der Waals surface area contributed by atoms with E-state index in [2.05, 4.69) is 10.6 Å². The third kappa shape index (κ3) is 4.33. The summed E-state index contributed by atoms with van der Waals surface area (Å²) in [4.78, 5) is 23.7. The summed E-state index contributed by atoms with van der Waals surface area (Å²) in [5, 5.41) is 5.78. The minimum Gasteiger partial charge on any atom is -0.343 e. The first-order chi connectivity index (χ1) is 10.1. The number of amides is 2.